The van der Waals surface area contributed by atoms with Crippen molar-refractivity contribution in [2.75, 3.05) is 0 Å². The van der Waals surface area contributed by atoms with Crippen molar-refractivity contribution in [1.29, 1.82) is 0 Å². The fourth-order valence-corrected chi connectivity index (χ4v) is 2.04. The molecule has 114 valence electrons. The molecule has 0 bridgehead atoms. The summed E-state index contributed by atoms with van der Waals surface area (Å²) in [6.45, 7) is 11.2. The van der Waals surface area contributed by atoms with E-state index < -0.39 is 6.04 Å². The Morgan fingerprint density at radius 1 is 1.40 bits per heavy atom. The van der Waals surface area contributed by atoms with Gasteiger partial charge in [-0.1, -0.05) is 34.6 Å². The molecule has 2 atom stereocenters. The molecule has 0 aromatic carbocycles. The van der Waals surface area contributed by atoms with Gasteiger partial charge in [-0.25, -0.2) is 4.98 Å². The van der Waals surface area contributed by atoms with Crippen LogP contribution >= 0.6 is 0 Å². The number of aromatic nitrogens is 2. The highest BCUT2D eigenvalue weighted by atomic mass is 16.2. The van der Waals surface area contributed by atoms with Crippen LogP contribution < -0.4 is 11.1 Å². The Hall–Kier alpha value is -1.36. The van der Waals surface area contributed by atoms with Gasteiger partial charge in [0.15, 0.2) is 0 Å². The van der Waals surface area contributed by atoms with Crippen molar-refractivity contribution in [3.05, 3.63) is 18.7 Å². The minimum Gasteiger partial charge on any atom is -0.350 e. The first-order valence-electron chi connectivity index (χ1n) is 7.22. The van der Waals surface area contributed by atoms with Crippen LogP contribution in [0.1, 0.15) is 41.0 Å². The zero-order valence-corrected chi connectivity index (χ0v) is 13.3. The molecule has 5 heteroatoms. The van der Waals surface area contributed by atoms with Gasteiger partial charge < -0.3 is 15.6 Å². The molecule has 1 heterocycles. The van der Waals surface area contributed by atoms with E-state index in [0.29, 0.717) is 18.9 Å². The molecule has 5 nitrogen and oxygen atoms in total. The largest absolute Gasteiger partial charge is 0.350 e. The van der Waals surface area contributed by atoms with Crippen LogP contribution in [0.15, 0.2) is 18.7 Å². The number of hydrogen-bond donors (Lipinski definition) is 2. The molecular formula is C15H28N4O. The van der Waals surface area contributed by atoms with Crippen LogP contribution in [0.5, 0.6) is 0 Å². The summed E-state index contributed by atoms with van der Waals surface area (Å²) in [7, 11) is 0. The second-order valence-electron chi connectivity index (χ2n) is 6.92. The first-order chi connectivity index (χ1) is 9.20. The van der Waals surface area contributed by atoms with Crippen LogP contribution in [0.4, 0.5) is 0 Å². The molecule has 0 saturated heterocycles. The standard InChI is InChI=1S/C15H28N4O/c1-11(2)8-12(16)14(20)18-13(15(3,4)5)9-19-7-6-17-10-19/h6-7,10-13H,8-9,16H2,1-5H3,(H,18,20)/t12-,13?/m1/s1. The highest BCUT2D eigenvalue weighted by molar-refractivity contribution is 5.81. The average molecular weight is 280 g/mol. The van der Waals surface area contributed by atoms with Crippen molar-refractivity contribution in [3.63, 3.8) is 0 Å². The molecule has 1 aromatic heterocycles. The van der Waals surface area contributed by atoms with Gasteiger partial charge in [0.1, 0.15) is 0 Å². The van der Waals surface area contributed by atoms with Gasteiger partial charge in [0.25, 0.3) is 0 Å². The third kappa shape index (κ3) is 5.33. The van der Waals surface area contributed by atoms with Crippen LogP contribution in [0.2, 0.25) is 0 Å². The van der Waals surface area contributed by atoms with Crippen molar-refractivity contribution in [2.45, 2.75) is 59.7 Å². The van der Waals surface area contributed by atoms with Gasteiger partial charge in [-0.15, -0.1) is 0 Å². The maximum Gasteiger partial charge on any atom is 0.237 e. The Bertz CT molecular complexity index is 406. The summed E-state index contributed by atoms with van der Waals surface area (Å²) < 4.78 is 1.98. The summed E-state index contributed by atoms with van der Waals surface area (Å²) in [5, 5.41) is 3.09. The maximum atomic E-state index is 12.2. The van der Waals surface area contributed by atoms with Gasteiger partial charge in [-0.05, 0) is 17.8 Å². The lowest BCUT2D eigenvalue weighted by molar-refractivity contribution is -0.124. The summed E-state index contributed by atoms with van der Waals surface area (Å²) in [6.07, 6.45) is 6.11. The summed E-state index contributed by atoms with van der Waals surface area (Å²) in [6, 6.07) is -0.426. The minimum absolute atomic E-state index is 0.0161. The molecule has 3 N–H and O–H groups in total. The minimum atomic E-state index is -0.442. The highest BCUT2D eigenvalue weighted by Gasteiger charge is 2.28. The fourth-order valence-electron chi connectivity index (χ4n) is 2.04. The molecule has 0 fully saturated rings. The summed E-state index contributed by atoms with van der Waals surface area (Å²) in [4.78, 5) is 16.2. The molecule has 0 spiro atoms. The van der Waals surface area contributed by atoms with Gasteiger partial charge in [0.2, 0.25) is 5.91 Å². The van der Waals surface area contributed by atoms with Gasteiger partial charge in [0.05, 0.1) is 18.4 Å². The van der Waals surface area contributed by atoms with E-state index >= 15 is 0 Å². The summed E-state index contributed by atoms with van der Waals surface area (Å²) in [5.74, 6) is 0.344. The second-order valence-corrected chi connectivity index (χ2v) is 6.92. The van der Waals surface area contributed by atoms with Crippen molar-refractivity contribution < 1.29 is 4.79 Å². The van der Waals surface area contributed by atoms with E-state index in [9.17, 15) is 4.79 Å². The zero-order chi connectivity index (χ0) is 15.3. The van der Waals surface area contributed by atoms with E-state index in [-0.39, 0.29) is 17.4 Å². The predicted octanol–water partition coefficient (Wildman–Crippen LogP) is 1.79. The number of nitrogens with zero attached hydrogens (tertiary/aromatic N) is 2. The predicted molar refractivity (Wildman–Crippen MR) is 81.0 cm³/mol. The Kier molecular flexibility index (Phi) is 5.74. The molecule has 0 saturated carbocycles. The number of hydrogen-bond acceptors (Lipinski definition) is 3. The van der Waals surface area contributed by atoms with E-state index in [4.69, 9.17) is 5.73 Å². The number of carbonyl (C=O) groups excluding carboxylic acids is 1. The van der Waals surface area contributed by atoms with E-state index in [1.165, 1.54) is 0 Å². The number of rotatable bonds is 6. The highest BCUT2D eigenvalue weighted by Crippen LogP contribution is 2.21. The molecule has 1 unspecified atom stereocenters. The smallest absolute Gasteiger partial charge is 0.237 e. The van der Waals surface area contributed by atoms with Crippen LogP contribution in [0, 0.1) is 11.3 Å². The van der Waals surface area contributed by atoms with Crippen LogP contribution in [-0.4, -0.2) is 27.5 Å². The lowest BCUT2D eigenvalue weighted by Gasteiger charge is -2.32. The van der Waals surface area contributed by atoms with Crippen LogP contribution in [0.3, 0.4) is 0 Å². The topological polar surface area (TPSA) is 72.9 Å². The third-order valence-corrected chi connectivity index (χ3v) is 3.38. The number of amides is 1. The van der Waals surface area contributed by atoms with Crippen molar-refractivity contribution in [3.8, 4) is 0 Å². The monoisotopic (exact) mass is 280 g/mol. The van der Waals surface area contributed by atoms with Gasteiger partial charge in [-0.2, -0.15) is 0 Å². The van der Waals surface area contributed by atoms with Crippen molar-refractivity contribution in [1.82, 2.24) is 14.9 Å². The Labute approximate surface area is 122 Å². The fraction of sp³-hybridized carbons (Fsp3) is 0.733. The molecule has 0 aliphatic carbocycles. The number of imidazole rings is 1. The van der Waals surface area contributed by atoms with Crippen molar-refractivity contribution >= 4 is 5.91 Å². The lowest BCUT2D eigenvalue weighted by Crippen LogP contribution is -2.51. The van der Waals surface area contributed by atoms with Crippen LogP contribution in [-0.2, 0) is 11.3 Å². The Morgan fingerprint density at radius 2 is 2.05 bits per heavy atom. The van der Waals surface area contributed by atoms with Crippen molar-refractivity contribution in [2.24, 2.45) is 17.1 Å². The summed E-state index contributed by atoms with van der Waals surface area (Å²) in [5.41, 5.74) is 5.91. The number of nitrogens with one attached hydrogen (secondary N) is 1. The molecule has 0 aliphatic rings. The van der Waals surface area contributed by atoms with Gasteiger partial charge in [-0.3, -0.25) is 4.79 Å². The zero-order valence-electron chi connectivity index (χ0n) is 13.3. The number of nitrogens with two attached hydrogens (primary N) is 1. The van der Waals surface area contributed by atoms with Gasteiger partial charge >= 0.3 is 0 Å². The van der Waals surface area contributed by atoms with E-state index in [2.05, 4.69) is 44.9 Å². The molecule has 1 amide bonds. The first-order valence-corrected chi connectivity index (χ1v) is 7.22. The quantitative estimate of drug-likeness (QED) is 0.834. The van der Waals surface area contributed by atoms with Crippen LogP contribution in [0.25, 0.3) is 0 Å². The Morgan fingerprint density at radius 3 is 2.50 bits per heavy atom. The average Bonchev–Trinajstić information content (AvgIpc) is 2.78. The molecule has 0 radical (unpaired) electrons. The number of carbonyl (C=O) groups is 1. The third-order valence-electron chi connectivity index (χ3n) is 3.38. The SMILES string of the molecule is CC(C)C[C@@H](N)C(=O)NC(Cn1ccnc1)C(C)(C)C. The maximum absolute atomic E-state index is 12.2. The first kappa shape index (κ1) is 16.7. The Balaban J connectivity index is 2.68. The van der Waals surface area contributed by atoms with Gasteiger partial charge in [0, 0.05) is 18.9 Å². The molecule has 1 rings (SSSR count). The molecule has 1 aromatic rings. The normalized spacial score (nSPS) is 15.2. The molecule has 0 aliphatic heterocycles. The lowest BCUT2D eigenvalue weighted by atomic mass is 9.86. The second kappa shape index (κ2) is 6.88. The van der Waals surface area contributed by atoms with E-state index in [0.717, 1.165) is 0 Å². The molecular weight excluding hydrogens is 252 g/mol. The van der Waals surface area contributed by atoms with E-state index in [1.54, 1.807) is 12.5 Å². The summed E-state index contributed by atoms with van der Waals surface area (Å²) >= 11 is 0. The van der Waals surface area contributed by atoms with E-state index in [1.807, 2.05) is 10.8 Å². The molecule has 20 heavy (non-hydrogen) atoms.